The lowest BCUT2D eigenvalue weighted by Crippen LogP contribution is -2.10. The van der Waals surface area contributed by atoms with Crippen LogP contribution in [-0.4, -0.2) is 0 Å². The van der Waals surface area contributed by atoms with Crippen LogP contribution in [0.1, 0.15) is 26.3 Å². The van der Waals surface area contributed by atoms with Crippen molar-refractivity contribution in [1.82, 2.24) is 0 Å². The molecule has 0 nitrogen and oxygen atoms in total. The fourth-order valence-corrected chi connectivity index (χ4v) is 6.11. The molecule has 0 atom stereocenters. The van der Waals surface area contributed by atoms with Gasteiger partial charge in [0.25, 0.3) is 0 Å². The van der Waals surface area contributed by atoms with Crippen LogP contribution in [0.4, 0.5) is 0 Å². The van der Waals surface area contributed by atoms with Gasteiger partial charge in [-0.25, -0.2) is 0 Å². The van der Waals surface area contributed by atoms with Crippen LogP contribution in [0.5, 0.6) is 0 Å². The fraction of sp³-hybridized carbons (Fsp3) is 0.105. The Morgan fingerprint density at radius 3 is 1.32 bits per heavy atom. The second-order valence-corrected chi connectivity index (χ2v) is 11.4. The number of hydrogen-bond donors (Lipinski definition) is 0. The maximum absolute atomic E-state index is 2.45. The number of rotatable bonds is 2. The van der Waals surface area contributed by atoms with E-state index in [-0.39, 0.29) is 5.41 Å². The summed E-state index contributed by atoms with van der Waals surface area (Å²) in [6.45, 7) is 6.91. The first kappa shape index (κ1) is 22.8. The molecule has 0 aromatic heterocycles. The van der Waals surface area contributed by atoms with Crippen molar-refractivity contribution >= 4 is 43.1 Å². The van der Waals surface area contributed by atoms with Crippen molar-refractivity contribution in [1.29, 1.82) is 0 Å². The summed E-state index contributed by atoms with van der Waals surface area (Å²) in [6.07, 6.45) is 0. The van der Waals surface area contributed by atoms with Crippen LogP contribution >= 0.6 is 0 Å². The third kappa shape index (κ3) is 3.52. The van der Waals surface area contributed by atoms with E-state index in [4.69, 9.17) is 0 Å². The topological polar surface area (TPSA) is 0 Å². The molecule has 38 heavy (non-hydrogen) atoms. The molecule has 182 valence electrons. The molecule has 7 aromatic rings. The van der Waals surface area contributed by atoms with Crippen molar-refractivity contribution in [2.24, 2.45) is 0 Å². The van der Waals surface area contributed by atoms with E-state index in [1.807, 2.05) is 0 Å². The van der Waals surface area contributed by atoms with Gasteiger partial charge in [0.15, 0.2) is 0 Å². The lowest BCUT2D eigenvalue weighted by Gasteiger charge is -2.23. The predicted octanol–water partition coefficient (Wildman–Crippen LogP) is 10.9. The van der Waals surface area contributed by atoms with Crippen LogP contribution in [-0.2, 0) is 5.41 Å². The number of fused-ring (bicyclic) bond motifs is 4. The van der Waals surface area contributed by atoms with Crippen molar-refractivity contribution < 1.29 is 0 Å². The smallest absolute Gasteiger partial charge is 0.00200 e. The molecule has 0 saturated carbocycles. The summed E-state index contributed by atoms with van der Waals surface area (Å²) in [6, 6.07) is 47.1. The Hall–Kier alpha value is -4.42. The van der Waals surface area contributed by atoms with Gasteiger partial charge in [0.05, 0.1) is 0 Å². The Bertz CT molecular complexity index is 1990. The van der Waals surface area contributed by atoms with E-state index in [9.17, 15) is 0 Å². The molecule has 0 aliphatic rings. The first-order valence-electron chi connectivity index (χ1n) is 13.5. The van der Waals surface area contributed by atoms with E-state index in [0.717, 1.165) is 0 Å². The highest BCUT2D eigenvalue weighted by molar-refractivity contribution is 6.25. The van der Waals surface area contributed by atoms with E-state index >= 15 is 0 Å². The minimum Gasteiger partial charge on any atom is -0.0616 e. The summed E-state index contributed by atoms with van der Waals surface area (Å²) >= 11 is 0. The van der Waals surface area contributed by atoms with E-state index < -0.39 is 0 Å². The van der Waals surface area contributed by atoms with Crippen LogP contribution in [0.15, 0.2) is 127 Å². The van der Waals surface area contributed by atoms with E-state index in [0.29, 0.717) is 0 Å². The van der Waals surface area contributed by atoms with Crippen LogP contribution in [0.2, 0.25) is 0 Å². The molecular weight excluding hydrogens is 456 g/mol. The summed E-state index contributed by atoms with van der Waals surface area (Å²) in [5, 5.41) is 10.3. The van der Waals surface area contributed by atoms with Crippen molar-refractivity contribution in [2.45, 2.75) is 26.2 Å². The lowest BCUT2D eigenvalue weighted by molar-refractivity contribution is 0.591. The molecule has 0 spiro atoms. The average molecular weight is 487 g/mol. The Balaban J connectivity index is 1.72. The summed E-state index contributed by atoms with van der Waals surface area (Å²) in [4.78, 5) is 0. The highest BCUT2D eigenvalue weighted by atomic mass is 14.2. The fourth-order valence-electron chi connectivity index (χ4n) is 6.11. The van der Waals surface area contributed by atoms with Crippen molar-refractivity contribution in [3.05, 3.63) is 133 Å². The minimum absolute atomic E-state index is 0.0511. The molecule has 0 heterocycles. The predicted molar refractivity (Wildman–Crippen MR) is 166 cm³/mol. The average Bonchev–Trinajstić information content (AvgIpc) is 2.95. The van der Waals surface area contributed by atoms with Crippen LogP contribution < -0.4 is 0 Å². The van der Waals surface area contributed by atoms with Crippen molar-refractivity contribution in [3.8, 4) is 22.3 Å². The minimum atomic E-state index is 0.0511. The van der Waals surface area contributed by atoms with Gasteiger partial charge in [0.2, 0.25) is 0 Å². The first-order valence-corrected chi connectivity index (χ1v) is 13.5. The maximum Gasteiger partial charge on any atom is -0.00200 e. The normalized spacial score (nSPS) is 12.1. The molecule has 0 fully saturated rings. The Morgan fingerprint density at radius 1 is 0.368 bits per heavy atom. The molecule has 0 N–H and O–H groups in total. The molecule has 0 aliphatic carbocycles. The standard InChI is InChI=1S/C38H30/c1-38(2,3)27-22-23-34-35(24-27)37(31-21-11-15-26-13-5-7-17-29(26)31)33-19-9-8-18-32(33)36(34)30-20-10-14-25-12-4-6-16-28(25)30/h4-24H,1-3H3. The van der Waals surface area contributed by atoms with Gasteiger partial charge in [-0.1, -0.05) is 142 Å². The Morgan fingerprint density at radius 2 is 0.789 bits per heavy atom. The summed E-state index contributed by atoms with van der Waals surface area (Å²) in [5.41, 5.74) is 6.62. The quantitative estimate of drug-likeness (QED) is 0.213. The zero-order chi connectivity index (χ0) is 25.9. The molecule has 0 amide bonds. The lowest BCUT2D eigenvalue weighted by atomic mass is 9.80. The summed E-state index contributed by atoms with van der Waals surface area (Å²) in [5.74, 6) is 0. The van der Waals surface area contributed by atoms with Gasteiger partial charge in [-0.3, -0.25) is 0 Å². The molecule has 0 unspecified atom stereocenters. The number of benzene rings is 7. The second-order valence-electron chi connectivity index (χ2n) is 11.4. The van der Waals surface area contributed by atoms with Gasteiger partial charge in [-0.05, 0) is 82.4 Å². The zero-order valence-corrected chi connectivity index (χ0v) is 22.1. The van der Waals surface area contributed by atoms with E-state index in [1.165, 1.54) is 70.9 Å². The van der Waals surface area contributed by atoms with Crippen LogP contribution in [0, 0.1) is 0 Å². The molecular formula is C38H30. The van der Waals surface area contributed by atoms with Crippen LogP contribution in [0.25, 0.3) is 65.3 Å². The van der Waals surface area contributed by atoms with Gasteiger partial charge in [-0.15, -0.1) is 0 Å². The summed E-state index contributed by atoms with van der Waals surface area (Å²) in [7, 11) is 0. The van der Waals surface area contributed by atoms with Gasteiger partial charge in [0.1, 0.15) is 0 Å². The van der Waals surface area contributed by atoms with E-state index in [1.54, 1.807) is 0 Å². The second kappa shape index (κ2) is 8.57. The highest BCUT2D eigenvalue weighted by Gasteiger charge is 2.21. The van der Waals surface area contributed by atoms with Gasteiger partial charge in [0, 0.05) is 0 Å². The Labute approximate surface area is 224 Å². The van der Waals surface area contributed by atoms with Crippen molar-refractivity contribution in [2.75, 3.05) is 0 Å². The van der Waals surface area contributed by atoms with E-state index in [2.05, 4.69) is 148 Å². The molecule has 0 bridgehead atoms. The molecule has 7 aromatic carbocycles. The largest absolute Gasteiger partial charge is 0.0616 e. The Kier molecular flexibility index (Phi) is 5.13. The van der Waals surface area contributed by atoms with Crippen molar-refractivity contribution in [3.63, 3.8) is 0 Å². The maximum atomic E-state index is 2.45. The molecule has 0 aliphatic heterocycles. The third-order valence-electron chi connectivity index (χ3n) is 8.01. The summed E-state index contributed by atoms with van der Waals surface area (Å²) < 4.78 is 0. The first-order chi connectivity index (χ1) is 18.5. The van der Waals surface area contributed by atoms with Crippen LogP contribution in [0.3, 0.4) is 0 Å². The molecule has 7 rings (SSSR count). The molecule has 0 saturated heterocycles. The third-order valence-corrected chi connectivity index (χ3v) is 8.01. The molecule has 0 radical (unpaired) electrons. The van der Waals surface area contributed by atoms with Gasteiger partial charge < -0.3 is 0 Å². The highest BCUT2D eigenvalue weighted by Crippen LogP contribution is 2.47. The van der Waals surface area contributed by atoms with Gasteiger partial charge >= 0.3 is 0 Å². The van der Waals surface area contributed by atoms with Gasteiger partial charge in [-0.2, -0.15) is 0 Å². The monoisotopic (exact) mass is 486 g/mol. The molecule has 0 heteroatoms. The zero-order valence-electron chi connectivity index (χ0n) is 22.1. The number of hydrogen-bond acceptors (Lipinski definition) is 0. The SMILES string of the molecule is CC(C)(C)c1ccc2c(-c3cccc4ccccc34)c3ccccc3c(-c3cccc4ccccc34)c2c1.